The average molecular weight is 268 g/mol. The van der Waals surface area contributed by atoms with E-state index < -0.39 is 5.56 Å². The van der Waals surface area contributed by atoms with Crippen LogP contribution in [0.5, 0.6) is 0 Å². The maximum atomic E-state index is 11.8. The van der Waals surface area contributed by atoms with Crippen molar-refractivity contribution >= 4 is 11.8 Å². The maximum Gasteiger partial charge on any atom is 0.270 e. The number of H-pyrrole nitrogens is 1. The van der Waals surface area contributed by atoms with Crippen molar-refractivity contribution in [2.75, 3.05) is 6.26 Å². The highest BCUT2D eigenvalue weighted by atomic mass is 32.2. The van der Waals surface area contributed by atoms with Gasteiger partial charge in [-0.05, 0) is 18.4 Å². The Hall–Kier alpha value is -2.57. The van der Waals surface area contributed by atoms with Crippen molar-refractivity contribution < 1.29 is 0 Å². The van der Waals surface area contributed by atoms with Gasteiger partial charge in [-0.25, -0.2) is 4.98 Å². The number of nitriles is 2. The number of hydrogen-bond acceptors (Lipinski definition) is 5. The Morgan fingerprint density at radius 2 is 2.11 bits per heavy atom. The Morgan fingerprint density at radius 1 is 1.32 bits per heavy atom. The van der Waals surface area contributed by atoms with E-state index in [0.29, 0.717) is 22.0 Å². The molecule has 2 aromatic rings. The molecule has 0 aliphatic rings. The molecule has 0 fully saturated rings. The molecule has 92 valence electrons. The van der Waals surface area contributed by atoms with E-state index in [0.717, 1.165) is 0 Å². The predicted octanol–water partition coefficient (Wildman–Crippen LogP) is 1.90. The maximum absolute atomic E-state index is 11.8. The summed E-state index contributed by atoms with van der Waals surface area (Å²) in [6.45, 7) is 0. The first-order chi connectivity index (χ1) is 9.19. The van der Waals surface area contributed by atoms with Crippen LogP contribution in [-0.2, 0) is 0 Å². The first-order valence-electron chi connectivity index (χ1n) is 5.28. The fourth-order valence-electron chi connectivity index (χ4n) is 1.60. The van der Waals surface area contributed by atoms with E-state index in [2.05, 4.69) is 9.97 Å². The molecule has 0 saturated carbocycles. The fraction of sp³-hybridized carbons (Fsp3) is 0.0769. The molecular weight excluding hydrogens is 260 g/mol. The van der Waals surface area contributed by atoms with Gasteiger partial charge in [-0.1, -0.05) is 23.9 Å². The van der Waals surface area contributed by atoms with Crippen molar-refractivity contribution in [3.8, 4) is 23.4 Å². The molecule has 1 heterocycles. The van der Waals surface area contributed by atoms with Crippen LogP contribution in [0.3, 0.4) is 0 Å². The second kappa shape index (κ2) is 5.38. The summed E-state index contributed by atoms with van der Waals surface area (Å²) in [6, 6.07) is 10.5. The Bertz CT molecular complexity index is 767. The van der Waals surface area contributed by atoms with E-state index in [1.165, 1.54) is 11.8 Å². The van der Waals surface area contributed by atoms with Crippen LogP contribution in [0.15, 0.2) is 34.2 Å². The molecule has 0 spiro atoms. The molecular formula is C13H8N4OS. The molecule has 1 aromatic carbocycles. The molecule has 6 heteroatoms. The number of nitrogens with zero attached hydrogens (tertiary/aromatic N) is 3. The van der Waals surface area contributed by atoms with Gasteiger partial charge in [-0.2, -0.15) is 10.5 Å². The molecule has 0 atom stereocenters. The number of thioether (sulfide) groups is 1. The number of benzene rings is 1. The number of aromatic nitrogens is 2. The van der Waals surface area contributed by atoms with E-state index in [1.54, 1.807) is 30.5 Å². The van der Waals surface area contributed by atoms with Crippen LogP contribution in [0.4, 0.5) is 0 Å². The Morgan fingerprint density at radius 3 is 2.74 bits per heavy atom. The van der Waals surface area contributed by atoms with Crippen LogP contribution in [0.2, 0.25) is 0 Å². The highest BCUT2D eigenvalue weighted by Crippen LogP contribution is 2.21. The number of hydrogen-bond donors (Lipinski definition) is 1. The van der Waals surface area contributed by atoms with Crippen molar-refractivity contribution in [3.63, 3.8) is 0 Å². The molecule has 1 aromatic heterocycles. The zero-order chi connectivity index (χ0) is 13.8. The van der Waals surface area contributed by atoms with Crippen molar-refractivity contribution in [1.82, 2.24) is 9.97 Å². The highest BCUT2D eigenvalue weighted by molar-refractivity contribution is 7.98. The van der Waals surface area contributed by atoms with Gasteiger partial charge in [-0.15, -0.1) is 0 Å². The van der Waals surface area contributed by atoms with Crippen molar-refractivity contribution in [3.05, 3.63) is 45.7 Å². The van der Waals surface area contributed by atoms with E-state index in [1.807, 2.05) is 12.1 Å². The molecule has 19 heavy (non-hydrogen) atoms. The summed E-state index contributed by atoms with van der Waals surface area (Å²) in [5.74, 6) is 0. The molecule has 0 aliphatic carbocycles. The van der Waals surface area contributed by atoms with E-state index in [4.69, 9.17) is 10.5 Å². The van der Waals surface area contributed by atoms with E-state index in [-0.39, 0.29) is 5.56 Å². The first-order valence-corrected chi connectivity index (χ1v) is 6.51. The highest BCUT2D eigenvalue weighted by Gasteiger charge is 2.13. The summed E-state index contributed by atoms with van der Waals surface area (Å²) in [6.07, 6.45) is 1.78. The minimum absolute atomic E-state index is 0.0483. The van der Waals surface area contributed by atoms with Gasteiger partial charge in [0.1, 0.15) is 11.6 Å². The SMILES string of the molecule is CSc1nc(-c2cccc(C#N)c2)c(C#N)c(=O)[nH]1. The van der Waals surface area contributed by atoms with Crippen LogP contribution < -0.4 is 5.56 Å². The predicted molar refractivity (Wildman–Crippen MR) is 71.5 cm³/mol. The molecule has 0 aliphatic heterocycles. The van der Waals surface area contributed by atoms with Crippen LogP contribution in [0.25, 0.3) is 11.3 Å². The summed E-state index contributed by atoms with van der Waals surface area (Å²) in [5, 5.41) is 18.4. The lowest BCUT2D eigenvalue weighted by molar-refractivity contribution is 0.937. The van der Waals surface area contributed by atoms with Crippen molar-refractivity contribution in [2.45, 2.75) is 5.16 Å². The third-order valence-electron chi connectivity index (χ3n) is 2.47. The van der Waals surface area contributed by atoms with Gasteiger partial charge in [0, 0.05) is 5.56 Å². The van der Waals surface area contributed by atoms with Gasteiger partial charge < -0.3 is 4.98 Å². The summed E-state index contributed by atoms with van der Waals surface area (Å²) in [7, 11) is 0. The first kappa shape index (κ1) is 12.9. The largest absolute Gasteiger partial charge is 0.300 e. The fourth-order valence-corrected chi connectivity index (χ4v) is 1.98. The summed E-state index contributed by atoms with van der Waals surface area (Å²) >= 11 is 1.28. The van der Waals surface area contributed by atoms with E-state index >= 15 is 0 Å². The van der Waals surface area contributed by atoms with Gasteiger partial charge in [0.2, 0.25) is 0 Å². The second-order valence-electron chi connectivity index (χ2n) is 3.60. The van der Waals surface area contributed by atoms with Gasteiger partial charge in [0.05, 0.1) is 17.3 Å². The Kier molecular flexibility index (Phi) is 3.65. The quantitative estimate of drug-likeness (QED) is 0.663. The standard InChI is InChI=1S/C13H8N4OS/c1-19-13-16-11(10(7-15)12(18)17-13)9-4-2-3-8(5-9)6-14/h2-5H,1H3,(H,16,17,18). The summed E-state index contributed by atoms with van der Waals surface area (Å²) in [4.78, 5) is 18.6. The van der Waals surface area contributed by atoms with Crippen molar-refractivity contribution in [1.29, 1.82) is 10.5 Å². The zero-order valence-electron chi connectivity index (χ0n) is 9.97. The van der Waals surface area contributed by atoms with Gasteiger partial charge in [-0.3, -0.25) is 4.79 Å². The van der Waals surface area contributed by atoms with Crippen LogP contribution in [0.1, 0.15) is 11.1 Å². The van der Waals surface area contributed by atoms with Crippen LogP contribution >= 0.6 is 11.8 Å². The summed E-state index contributed by atoms with van der Waals surface area (Å²) in [5.41, 5.74) is 0.811. The molecule has 2 rings (SSSR count). The average Bonchev–Trinajstić information content (AvgIpc) is 2.46. The van der Waals surface area contributed by atoms with Gasteiger partial charge >= 0.3 is 0 Å². The third-order valence-corrected chi connectivity index (χ3v) is 3.05. The second-order valence-corrected chi connectivity index (χ2v) is 4.40. The van der Waals surface area contributed by atoms with Crippen LogP contribution in [0, 0.1) is 22.7 Å². The van der Waals surface area contributed by atoms with E-state index in [9.17, 15) is 4.79 Å². The lowest BCUT2D eigenvalue weighted by atomic mass is 10.1. The normalized spacial score (nSPS) is 9.63. The minimum Gasteiger partial charge on any atom is -0.300 e. The molecule has 0 amide bonds. The van der Waals surface area contributed by atoms with Crippen molar-refractivity contribution in [2.24, 2.45) is 0 Å². The Balaban J connectivity index is 2.74. The monoisotopic (exact) mass is 268 g/mol. The van der Waals surface area contributed by atoms with Gasteiger partial charge in [0.15, 0.2) is 5.16 Å². The zero-order valence-corrected chi connectivity index (χ0v) is 10.8. The van der Waals surface area contributed by atoms with Crippen LogP contribution in [-0.4, -0.2) is 16.2 Å². The smallest absolute Gasteiger partial charge is 0.270 e. The van der Waals surface area contributed by atoms with Gasteiger partial charge in [0.25, 0.3) is 5.56 Å². The summed E-state index contributed by atoms with van der Waals surface area (Å²) < 4.78 is 0. The molecule has 0 unspecified atom stereocenters. The molecule has 5 nitrogen and oxygen atoms in total. The lowest BCUT2D eigenvalue weighted by Gasteiger charge is -2.05. The number of aromatic amines is 1. The molecule has 0 radical (unpaired) electrons. The topological polar surface area (TPSA) is 93.3 Å². The minimum atomic E-state index is -0.473. The number of nitrogens with one attached hydrogen (secondary N) is 1. The molecule has 1 N–H and O–H groups in total. The molecule has 0 saturated heterocycles. The Labute approximate surface area is 113 Å². The third kappa shape index (κ3) is 2.49. The number of rotatable bonds is 2. The lowest BCUT2D eigenvalue weighted by Crippen LogP contribution is -2.14. The molecule has 0 bridgehead atoms.